The Morgan fingerprint density at radius 2 is 1.65 bits per heavy atom. The van der Waals surface area contributed by atoms with Crippen molar-refractivity contribution in [2.45, 2.75) is 60.3 Å². The van der Waals surface area contributed by atoms with Gasteiger partial charge >= 0.3 is 0 Å². The second kappa shape index (κ2) is 5.16. The van der Waals surface area contributed by atoms with Crippen LogP contribution in [-0.2, 0) is 9.59 Å². The molecule has 0 aromatic carbocycles. The van der Waals surface area contributed by atoms with E-state index in [-0.39, 0.29) is 17.0 Å². The van der Waals surface area contributed by atoms with Gasteiger partial charge in [0.1, 0.15) is 0 Å². The molecule has 0 radical (unpaired) electrons. The molecule has 2 nitrogen and oxygen atoms in total. The predicted molar refractivity (Wildman–Crippen MR) is 69.8 cm³/mol. The summed E-state index contributed by atoms with van der Waals surface area (Å²) in [5, 5.41) is 0. The first-order chi connectivity index (χ1) is 7.76. The Labute approximate surface area is 104 Å². The molecule has 0 spiro atoms. The molecule has 0 heterocycles. The van der Waals surface area contributed by atoms with Crippen molar-refractivity contribution >= 4 is 11.6 Å². The SMILES string of the molecule is CCC(CC(C)C)=C1C(=O)CC(C)(C)CC1=O. The fourth-order valence-electron chi connectivity index (χ4n) is 2.57. The van der Waals surface area contributed by atoms with Crippen LogP contribution in [0.15, 0.2) is 11.1 Å². The van der Waals surface area contributed by atoms with Gasteiger partial charge in [0.2, 0.25) is 0 Å². The smallest absolute Gasteiger partial charge is 0.166 e. The minimum Gasteiger partial charge on any atom is -0.294 e. The molecule has 1 rings (SSSR count). The normalized spacial score (nSPS) is 20.0. The fraction of sp³-hybridized carbons (Fsp3) is 0.733. The minimum atomic E-state index is -0.158. The van der Waals surface area contributed by atoms with Crippen molar-refractivity contribution in [3.63, 3.8) is 0 Å². The van der Waals surface area contributed by atoms with Crippen LogP contribution in [0.3, 0.4) is 0 Å². The minimum absolute atomic E-state index is 0.0590. The number of carbonyl (C=O) groups is 2. The molecule has 0 aromatic rings. The molecule has 0 N–H and O–H groups in total. The zero-order valence-electron chi connectivity index (χ0n) is 11.7. The van der Waals surface area contributed by atoms with Crippen molar-refractivity contribution in [1.29, 1.82) is 0 Å². The molecule has 0 aliphatic heterocycles. The van der Waals surface area contributed by atoms with Crippen LogP contribution < -0.4 is 0 Å². The van der Waals surface area contributed by atoms with Gasteiger partial charge in [-0.15, -0.1) is 0 Å². The summed E-state index contributed by atoms with van der Waals surface area (Å²) in [5.74, 6) is 0.612. The van der Waals surface area contributed by atoms with E-state index < -0.39 is 0 Å². The Kier molecular flexibility index (Phi) is 4.29. The number of Topliss-reactive ketones (excluding diaryl/α,β-unsaturated/α-hetero) is 2. The summed E-state index contributed by atoms with van der Waals surface area (Å²) in [6.45, 7) is 10.3. The van der Waals surface area contributed by atoms with Crippen LogP contribution >= 0.6 is 0 Å². The van der Waals surface area contributed by atoms with Crippen LogP contribution in [-0.4, -0.2) is 11.6 Å². The Morgan fingerprint density at radius 3 is 2.00 bits per heavy atom. The summed E-state index contributed by atoms with van der Waals surface area (Å²) in [4.78, 5) is 24.2. The summed E-state index contributed by atoms with van der Waals surface area (Å²) in [6.07, 6.45) is 2.69. The first kappa shape index (κ1) is 14.1. The highest BCUT2D eigenvalue weighted by molar-refractivity contribution is 6.22. The van der Waals surface area contributed by atoms with Gasteiger partial charge in [0, 0.05) is 12.8 Å². The summed E-state index contributed by atoms with van der Waals surface area (Å²) in [7, 11) is 0. The van der Waals surface area contributed by atoms with Crippen molar-refractivity contribution in [1.82, 2.24) is 0 Å². The van der Waals surface area contributed by atoms with E-state index in [1.54, 1.807) is 0 Å². The lowest BCUT2D eigenvalue weighted by Gasteiger charge is -2.30. The Morgan fingerprint density at radius 1 is 1.18 bits per heavy atom. The van der Waals surface area contributed by atoms with E-state index in [0.717, 1.165) is 18.4 Å². The van der Waals surface area contributed by atoms with Crippen LogP contribution in [0.1, 0.15) is 60.3 Å². The number of allylic oxidation sites excluding steroid dienone is 2. The Hall–Kier alpha value is -0.920. The molecule has 96 valence electrons. The lowest BCUT2D eigenvalue weighted by Crippen LogP contribution is -2.32. The maximum Gasteiger partial charge on any atom is 0.166 e. The van der Waals surface area contributed by atoms with Crippen molar-refractivity contribution in [2.24, 2.45) is 11.3 Å². The van der Waals surface area contributed by atoms with Crippen molar-refractivity contribution in [2.75, 3.05) is 0 Å². The zero-order valence-corrected chi connectivity index (χ0v) is 11.7. The van der Waals surface area contributed by atoms with Crippen LogP contribution in [0, 0.1) is 11.3 Å². The van der Waals surface area contributed by atoms with Gasteiger partial charge in [0.05, 0.1) is 5.57 Å². The third-order valence-electron chi connectivity index (χ3n) is 3.27. The monoisotopic (exact) mass is 236 g/mol. The molecule has 1 aliphatic carbocycles. The lowest BCUT2D eigenvalue weighted by molar-refractivity contribution is -0.127. The average Bonchev–Trinajstić information content (AvgIpc) is 2.12. The van der Waals surface area contributed by atoms with E-state index in [4.69, 9.17) is 0 Å². The molecule has 1 fully saturated rings. The van der Waals surface area contributed by atoms with Gasteiger partial charge in [0.25, 0.3) is 0 Å². The third kappa shape index (κ3) is 3.52. The summed E-state index contributed by atoms with van der Waals surface area (Å²) in [5.41, 5.74) is 1.43. The van der Waals surface area contributed by atoms with E-state index in [1.165, 1.54) is 0 Å². The molecule has 0 bridgehead atoms. The average molecular weight is 236 g/mol. The molecule has 0 unspecified atom stereocenters. The van der Waals surface area contributed by atoms with Gasteiger partial charge in [-0.05, 0) is 24.2 Å². The second-order valence-electron chi connectivity index (χ2n) is 6.29. The van der Waals surface area contributed by atoms with E-state index in [2.05, 4.69) is 13.8 Å². The van der Waals surface area contributed by atoms with Gasteiger partial charge in [0.15, 0.2) is 11.6 Å². The third-order valence-corrected chi connectivity index (χ3v) is 3.27. The maximum absolute atomic E-state index is 12.1. The van der Waals surface area contributed by atoms with Crippen LogP contribution in [0.5, 0.6) is 0 Å². The molecule has 0 saturated heterocycles. The first-order valence-electron chi connectivity index (χ1n) is 6.55. The topological polar surface area (TPSA) is 34.1 Å². The summed E-state index contributed by atoms with van der Waals surface area (Å²) >= 11 is 0. The first-order valence-corrected chi connectivity index (χ1v) is 6.55. The highest BCUT2D eigenvalue weighted by Crippen LogP contribution is 2.36. The van der Waals surface area contributed by atoms with Gasteiger partial charge in [-0.1, -0.05) is 40.2 Å². The maximum atomic E-state index is 12.1. The highest BCUT2D eigenvalue weighted by Gasteiger charge is 2.36. The second-order valence-corrected chi connectivity index (χ2v) is 6.29. The number of hydrogen-bond acceptors (Lipinski definition) is 2. The number of hydrogen-bond donors (Lipinski definition) is 0. The highest BCUT2D eigenvalue weighted by atomic mass is 16.1. The molecule has 2 heteroatoms. The molecule has 0 amide bonds. The molecule has 1 aliphatic rings. The zero-order chi connectivity index (χ0) is 13.2. The molecular weight excluding hydrogens is 212 g/mol. The fourth-order valence-corrected chi connectivity index (χ4v) is 2.57. The Bertz CT molecular complexity index is 337. The van der Waals surface area contributed by atoms with Gasteiger partial charge < -0.3 is 0 Å². The molecule has 0 atom stereocenters. The van der Waals surface area contributed by atoms with Crippen LogP contribution in [0.25, 0.3) is 0 Å². The largest absolute Gasteiger partial charge is 0.294 e. The van der Waals surface area contributed by atoms with E-state index in [0.29, 0.717) is 24.3 Å². The van der Waals surface area contributed by atoms with E-state index in [1.807, 2.05) is 20.8 Å². The van der Waals surface area contributed by atoms with Crippen molar-refractivity contribution < 1.29 is 9.59 Å². The van der Waals surface area contributed by atoms with Gasteiger partial charge in [-0.2, -0.15) is 0 Å². The van der Waals surface area contributed by atoms with E-state index >= 15 is 0 Å². The standard InChI is InChI=1S/C15H24O2/c1-6-11(7-10(2)3)14-12(16)8-15(4,5)9-13(14)17/h10H,6-9H2,1-5H3. The number of rotatable bonds is 3. The van der Waals surface area contributed by atoms with Crippen LogP contribution in [0.2, 0.25) is 0 Å². The number of carbonyl (C=O) groups excluding carboxylic acids is 2. The number of ketones is 2. The molecular formula is C15H24O2. The van der Waals surface area contributed by atoms with Crippen molar-refractivity contribution in [3.8, 4) is 0 Å². The molecule has 17 heavy (non-hydrogen) atoms. The van der Waals surface area contributed by atoms with Gasteiger partial charge in [-0.25, -0.2) is 0 Å². The quantitative estimate of drug-likeness (QED) is 0.553. The van der Waals surface area contributed by atoms with E-state index in [9.17, 15) is 9.59 Å². The predicted octanol–water partition coefficient (Wildman–Crippen LogP) is 3.70. The summed E-state index contributed by atoms with van der Waals surface area (Å²) in [6, 6.07) is 0. The van der Waals surface area contributed by atoms with Crippen molar-refractivity contribution in [3.05, 3.63) is 11.1 Å². The molecule has 0 aromatic heterocycles. The Balaban J connectivity index is 3.07. The molecule has 1 saturated carbocycles. The summed E-state index contributed by atoms with van der Waals surface area (Å²) < 4.78 is 0. The van der Waals surface area contributed by atoms with Gasteiger partial charge in [-0.3, -0.25) is 9.59 Å². The lowest BCUT2D eigenvalue weighted by atomic mass is 9.72. The van der Waals surface area contributed by atoms with Crippen LogP contribution in [0.4, 0.5) is 0 Å².